The standard InChI is InChI=1S/C56H86O6/c1-4-7-10-13-16-19-21-23-25-27-29-30-32-34-37-40-43-46-49-55(58)61-52-53(51-60-54(57)48-45-42-39-36-18-15-12-9-6-3)62-56(59)50-47-44-41-38-35-33-31-28-26-24-22-20-17-14-11-8-5-2/h9-10,12-13,16,18-19,21,23-27,29-31,33,36,38,41-42,45,53H,4-8,11,14-15,17,20,22,28,32,34-35,37,39-40,43-44,46-52H2,1-3H3/b12-9-,13-10-,19-16-,23-21-,26-24-,27-25-,30-29-,33-31-,36-18-,41-38-,45-42-. The Hall–Kier alpha value is -4.45. The van der Waals surface area contributed by atoms with Crippen LogP contribution < -0.4 is 0 Å². The van der Waals surface area contributed by atoms with Crippen molar-refractivity contribution in [1.29, 1.82) is 0 Å². The van der Waals surface area contributed by atoms with E-state index in [1.54, 1.807) is 6.08 Å². The van der Waals surface area contributed by atoms with E-state index in [0.29, 0.717) is 12.8 Å². The molecule has 0 spiro atoms. The number of hydrogen-bond donors (Lipinski definition) is 0. The lowest BCUT2D eigenvalue weighted by molar-refractivity contribution is -0.166. The Kier molecular flexibility index (Phi) is 45.7. The summed E-state index contributed by atoms with van der Waals surface area (Å²) in [6, 6.07) is 0. The van der Waals surface area contributed by atoms with Crippen LogP contribution in [0.5, 0.6) is 0 Å². The first-order chi connectivity index (χ1) is 30.5. The van der Waals surface area contributed by atoms with E-state index in [0.717, 1.165) is 83.5 Å². The Bertz CT molecular complexity index is 1400. The topological polar surface area (TPSA) is 78.9 Å². The van der Waals surface area contributed by atoms with E-state index in [2.05, 4.69) is 106 Å². The summed E-state index contributed by atoms with van der Waals surface area (Å²) in [6.07, 6.45) is 69.0. The van der Waals surface area contributed by atoms with Crippen molar-refractivity contribution in [2.75, 3.05) is 13.2 Å². The number of allylic oxidation sites excluding steroid dienone is 21. The van der Waals surface area contributed by atoms with Crippen molar-refractivity contribution in [3.8, 4) is 0 Å². The highest BCUT2D eigenvalue weighted by Gasteiger charge is 2.19. The normalized spacial score (nSPS) is 13.3. The molecule has 1 unspecified atom stereocenters. The van der Waals surface area contributed by atoms with Crippen molar-refractivity contribution in [2.24, 2.45) is 0 Å². The van der Waals surface area contributed by atoms with Crippen LogP contribution in [-0.2, 0) is 28.6 Å². The summed E-state index contributed by atoms with van der Waals surface area (Å²) in [5.41, 5.74) is 0. The molecule has 0 aromatic rings. The molecule has 0 N–H and O–H groups in total. The van der Waals surface area contributed by atoms with Gasteiger partial charge in [-0.15, -0.1) is 0 Å². The molecule has 62 heavy (non-hydrogen) atoms. The van der Waals surface area contributed by atoms with Crippen LogP contribution in [0.25, 0.3) is 0 Å². The Morgan fingerprint density at radius 2 is 0.806 bits per heavy atom. The molecular weight excluding hydrogens is 769 g/mol. The summed E-state index contributed by atoms with van der Waals surface area (Å²) in [7, 11) is 0. The predicted molar refractivity (Wildman–Crippen MR) is 265 cm³/mol. The van der Waals surface area contributed by atoms with E-state index in [9.17, 15) is 14.4 Å². The number of ether oxygens (including phenoxy) is 3. The summed E-state index contributed by atoms with van der Waals surface area (Å²) in [5, 5.41) is 0. The second kappa shape index (κ2) is 49.2. The van der Waals surface area contributed by atoms with Gasteiger partial charge in [-0.25, -0.2) is 0 Å². The fraction of sp³-hybridized carbons (Fsp3) is 0.554. The molecule has 0 aliphatic carbocycles. The third kappa shape index (κ3) is 46.6. The van der Waals surface area contributed by atoms with Gasteiger partial charge in [-0.1, -0.05) is 212 Å². The molecule has 0 saturated carbocycles. The molecule has 0 bridgehead atoms. The summed E-state index contributed by atoms with van der Waals surface area (Å²) >= 11 is 0. The van der Waals surface area contributed by atoms with E-state index < -0.39 is 18.0 Å². The first-order valence-electron chi connectivity index (χ1n) is 24.3. The first-order valence-corrected chi connectivity index (χ1v) is 24.3. The van der Waals surface area contributed by atoms with Gasteiger partial charge in [0.1, 0.15) is 13.2 Å². The lowest BCUT2D eigenvalue weighted by Crippen LogP contribution is -2.30. The van der Waals surface area contributed by atoms with E-state index >= 15 is 0 Å². The lowest BCUT2D eigenvalue weighted by atomic mass is 10.1. The lowest BCUT2D eigenvalue weighted by Gasteiger charge is -2.18. The Labute approximate surface area is 379 Å². The zero-order valence-corrected chi connectivity index (χ0v) is 39.3. The number of carbonyl (C=O) groups excluding carboxylic acids is 3. The molecule has 346 valence electrons. The Morgan fingerprint density at radius 1 is 0.371 bits per heavy atom. The van der Waals surface area contributed by atoms with Gasteiger partial charge in [-0.05, 0) is 83.5 Å². The van der Waals surface area contributed by atoms with Crippen molar-refractivity contribution in [3.05, 3.63) is 134 Å². The zero-order chi connectivity index (χ0) is 45.1. The summed E-state index contributed by atoms with van der Waals surface area (Å²) in [6.45, 7) is 6.23. The summed E-state index contributed by atoms with van der Waals surface area (Å²) in [4.78, 5) is 37.7. The maximum Gasteiger partial charge on any atom is 0.309 e. The molecule has 6 heteroatoms. The Morgan fingerprint density at radius 3 is 1.39 bits per heavy atom. The van der Waals surface area contributed by atoms with E-state index in [4.69, 9.17) is 14.2 Å². The third-order valence-electron chi connectivity index (χ3n) is 9.50. The van der Waals surface area contributed by atoms with E-state index in [1.165, 1.54) is 51.4 Å². The smallest absolute Gasteiger partial charge is 0.309 e. The maximum atomic E-state index is 12.7. The van der Waals surface area contributed by atoms with Gasteiger partial charge in [0.15, 0.2) is 6.10 Å². The van der Waals surface area contributed by atoms with Gasteiger partial charge >= 0.3 is 17.9 Å². The number of esters is 3. The largest absolute Gasteiger partial charge is 0.462 e. The van der Waals surface area contributed by atoms with Crippen molar-refractivity contribution in [3.63, 3.8) is 0 Å². The molecular formula is C56H86O6. The Balaban J connectivity index is 4.56. The van der Waals surface area contributed by atoms with E-state index in [-0.39, 0.29) is 32.0 Å². The predicted octanol–water partition coefficient (Wildman–Crippen LogP) is 15.9. The SMILES string of the molecule is CC/C=C\C/C=C\C/C=C\CC(=O)OCC(COC(=O)CCCCCCC\C=C/C=C\C=C/C=C\C=C/CCC)OC(=O)CCC/C=C\C/C=C\C/C=C\CCCCCCCC. The van der Waals surface area contributed by atoms with Gasteiger partial charge in [0, 0.05) is 12.8 Å². The molecule has 6 nitrogen and oxygen atoms in total. The van der Waals surface area contributed by atoms with Crippen LogP contribution in [0.2, 0.25) is 0 Å². The van der Waals surface area contributed by atoms with Crippen LogP contribution >= 0.6 is 0 Å². The molecule has 0 aliphatic heterocycles. The highest BCUT2D eigenvalue weighted by molar-refractivity contribution is 5.72. The molecule has 0 saturated heterocycles. The minimum absolute atomic E-state index is 0.113. The molecule has 0 fully saturated rings. The monoisotopic (exact) mass is 855 g/mol. The second-order valence-corrected chi connectivity index (χ2v) is 15.4. The molecule has 0 aromatic carbocycles. The molecule has 1 atom stereocenters. The fourth-order valence-corrected chi connectivity index (χ4v) is 5.90. The van der Waals surface area contributed by atoms with Crippen LogP contribution in [0.4, 0.5) is 0 Å². The van der Waals surface area contributed by atoms with E-state index in [1.807, 2.05) is 42.5 Å². The van der Waals surface area contributed by atoms with Crippen LogP contribution in [-0.4, -0.2) is 37.2 Å². The second-order valence-electron chi connectivity index (χ2n) is 15.4. The quantitative estimate of drug-likeness (QED) is 0.0200. The van der Waals surface area contributed by atoms with Crippen molar-refractivity contribution in [1.82, 2.24) is 0 Å². The van der Waals surface area contributed by atoms with Gasteiger partial charge in [0.25, 0.3) is 0 Å². The van der Waals surface area contributed by atoms with Gasteiger partial charge in [-0.3, -0.25) is 14.4 Å². The fourth-order valence-electron chi connectivity index (χ4n) is 5.90. The van der Waals surface area contributed by atoms with Crippen molar-refractivity contribution < 1.29 is 28.6 Å². The number of unbranched alkanes of at least 4 members (excludes halogenated alkanes) is 13. The number of carbonyl (C=O) groups is 3. The molecule has 0 aliphatic rings. The van der Waals surface area contributed by atoms with Crippen LogP contribution in [0.15, 0.2) is 134 Å². The maximum absolute atomic E-state index is 12.7. The minimum Gasteiger partial charge on any atom is -0.462 e. The first kappa shape index (κ1) is 57.5. The highest BCUT2D eigenvalue weighted by atomic mass is 16.6. The average Bonchev–Trinajstić information content (AvgIpc) is 3.27. The number of hydrogen-bond acceptors (Lipinski definition) is 6. The van der Waals surface area contributed by atoms with Gasteiger partial charge < -0.3 is 14.2 Å². The third-order valence-corrected chi connectivity index (χ3v) is 9.50. The molecule has 0 rings (SSSR count). The molecule has 0 radical (unpaired) electrons. The minimum atomic E-state index is -0.854. The summed E-state index contributed by atoms with van der Waals surface area (Å²) in [5.74, 6) is -1.16. The molecule has 0 amide bonds. The van der Waals surface area contributed by atoms with Crippen LogP contribution in [0, 0.1) is 0 Å². The number of rotatable bonds is 41. The highest BCUT2D eigenvalue weighted by Crippen LogP contribution is 2.11. The summed E-state index contributed by atoms with van der Waals surface area (Å²) < 4.78 is 16.5. The van der Waals surface area contributed by atoms with Crippen molar-refractivity contribution >= 4 is 17.9 Å². The van der Waals surface area contributed by atoms with Gasteiger partial charge in [0.05, 0.1) is 6.42 Å². The average molecular weight is 855 g/mol. The van der Waals surface area contributed by atoms with Crippen molar-refractivity contribution in [2.45, 2.75) is 187 Å². The van der Waals surface area contributed by atoms with Gasteiger partial charge in [-0.2, -0.15) is 0 Å². The molecule has 0 heterocycles. The molecule has 0 aromatic heterocycles. The van der Waals surface area contributed by atoms with Gasteiger partial charge in [0.2, 0.25) is 0 Å². The zero-order valence-electron chi connectivity index (χ0n) is 39.3. The van der Waals surface area contributed by atoms with Crippen LogP contribution in [0.1, 0.15) is 181 Å². The van der Waals surface area contributed by atoms with Crippen LogP contribution in [0.3, 0.4) is 0 Å².